The molecule has 2 N–H and O–H groups in total. The predicted octanol–water partition coefficient (Wildman–Crippen LogP) is 0.00150. The van der Waals surface area contributed by atoms with E-state index in [4.69, 9.17) is 0 Å². The summed E-state index contributed by atoms with van der Waals surface area (Å²) < 4.78 is 0. The van der Waals surface area contributed by atoms with Gasteiger partial charge < -0.3 is 10.6 Å². The summed E-state index contributed by atoms with van der Waals surface area (Å²) in [6.45, 7) is 2.07. The molecule has 2 aliphatic heterocycles. The summed E-state index contributed by atoms with van der Waals surface area (Å²) in [6, 6.07) is 0.579. The molecule has 2 aliphatic rings. The SMILES string of the molecule is C1=CC2=CNCC2NC1. The third-order valence-electron chi connectivity index (χ3n) is 1.79. The lowest BCUT2D eigenvalue weighted by Crippen LogP contribution is -2.35. The Bertz CT molecular complexity index is 170. The molecule has 2 heterocycles. The molecule has 0 saturated heterocycles. The molecule has 0 spiro atoms. The highest BCUT2D eigenvalue weighted by molar-refractivity contribution is 5.31. The van der Waals surface area contributed by atoms with Crippen LogP contribution in [0.5, 0.6) is 0 Å². The molecule has 0 bridgehead atoms. The van der Waals surface area contributed by atoms with Crippen molar-refractivity contribution in [1.29, 1.82) is 0 Å². The van der Waals surface area contributed by atoms with E-state index in [2.05, 4.69) is 29.0 Å². The van der Waals surface area contributed by atoms with Gasteiger partial charge >= 0.3 is 0 Å². The van der Waals surface area contributed by atoms with Crippen LogP contribution >= 0.6 is 0 Å². The Labute approximate surface area is 54.6 Å². The highest BCUT2D eigenvalue weighted by atomic mass is 15.0. The third kappa shape index (κ3) is 0.754. The van der Waals surface area contributed by atoms with Crippen LogP contribution in [0.15, 0.2) is 23.9 Å². The van der Waals surface area contributed by atoms with Gasteiger partial charge in [0.05, 0.1) is 6.04 Å². The molecule has 48 valence electrons. The van der Waals surface area contributed by atoms with Crippen LogP contribution in [0.3, 0.4) is 0 Å². The fraction of sp³-hybridized carbons (Fsp3) is 0.429. The zero-order valence-electron chi connectivity index (χ0n) is 5.22. The highest BCUT2D eigenvalue weighted by Crippen LogP contribution is 2.10. The van der Waals surface area contributed by atoms with Gasteiger partial charge in [0, 0.05) is 19.3 Å². The van der Waals surface area contributed by atoms with Gasteiger partial charge in [0.2, 0.25) is 0 Å². The van der Waals surface area contributed by atoms with Crippen molar-refractivity contribution in [3.8, 4) is 0 Å². The maximum absolute atomic E-state index is 3.36. The van der Waals surface area contributed by atoms with Crippen LogP contribution in [0, 0.1) is 0 Å². The Morgan fingerprint density at radius 3 is 3.44 bits per heavy atom. The predicted molar refractivity (Wildman–Crippen MR) is 37.0 cm³/mol. The Kier molecular flexibility index (Phi) is 1.06. The van der Waals surface area contributed by atoms with Gasteiger partial charge in [-0.25, -0.2) is 0 Å². The summed E-state index contributed by atoms with van der Waals surface area (Å²) in [5.74, 6) is 0. The molecular weight excluding hydrogens is 112 g/mol. The van der Waals surface area contributed by atoms with E-state index in [1.165, 1.54) is 5.57 Å². The minimum Gasteiger partial charge on any atom is -0.389 e. The van der Waals surface area contributed by atoms with Crippen LogP contribution in [-0.2, 0) is 0 Å². The first-order chi connectivity index (χ1) is 4.47. The van der Waals surface area contributed by atoms with Gasteiger partial charge in [-0.3, -0.25) is 0 Å². The van der Waals surface area contributed by atoms with E-state index in [-0.39, 0.29) is 0 Å². The summed E-state index contributed by atoms with van der Waals surface area (Å²) in [5, 5.41) is 6.55. The Morgan fingerprint density at radius 1 is 1.56 bits per heavy atom. The van der Waals surface area contributed by atoms with E-state index in [0.717, 1.165) is 13.1 Å². The first-order valence-electron chi connectivity index (χ1n) is 3.30. The molecule has 0 amide bonds. The number of fused-ring (bicyclic) bond motifs is 1. The lowest BCUT2D eigenvalue weighted by molar-refractivity contribution is 0.614. The van der Waals surface area contributed by atoms with Crippen molar-refractivity contribution < 1.29 is 0 Å². The second kappa shape index (κ2) is 1.88. The van der Waals surface area contributed by atoms with Crippen molar-refractivity contribution >= 4 is 0 Å². The van der Waals surface area contributed by atoms with Gasteiger partial charge in [-0.2, -0.15) is 0 Å². The van der Waals surface area contributed by atoms with Gasteiger partial charge in [0.15, 0.2) is 0 Å². The fourth-order valence-corrected chi connectivity index (χ4v) is 1.27. The summed E-state index contributed by atoms with van der Waals surface area (Å²) in [4.78, 5) is 0. The van der Waals surface area contributed by atoms with E-state index < -0.39 is 0 Å². The quantitative estimate of drug-likeness (QED) is 0.472. The Hall–Kier alpha value is -0.760. The van der Waals surface area contributed by atoms with Gasteiger partial charge in [0.1, 0.15) is 0 Å². The molecule has 2 rings (SSSR count). The second-order valence-electron chi connectivity index (χ2n) is 2.42. The summed E-state index contributed by atoms with van der Waals surface area (Å²) in [5.41, 5.74) is 1.39. The highest BCUT2D eigenvalue weighted by Gasteiger charge is 2.17. The molecular formula is C7H10N2. The Balaban J connectivity index is 2.24. The average molecular weight is 122 g/mol. The summed E-state index contributed by atoms with van der Waals surface area (Å²) in [6.07, 6.45) is 6.41. The summed E-state index contributed by atoms with van der Waals surface area (Å²) >= 11 is 0. The largest absolute Gasteiger partial charge is 0.389 e. The van der Waals surface area contributed by atoms with Gasteiger partial charge in [-0.1, -0.05) is 12.2 Å². The molecule has 1 atom stereocenters. The van der Waals surface area contributed by atoms with Crippen molar-refractivity contribution in [2.75, 3.05) is 13.1 Å². The van der Waals surface area contributed by atoms with Gasteiger partial charge in [-0.15, -0.1) is 0 Å². The van der Waals surface area contributed by atoms with E-state index >= 15 is 0 Å². The molecule has 0 radical (unpaired) electrons. The van der Waals surface area contributed by atoms with E-state index in [0.29, 0.717) is 6.04 Å². The molecule has 2 nitrogen and oxygen atoms in total. The number of nitrogens with one attached hydrogen (secondary N) is 2. The molecule has 0 aromatic carbocycles. The molecule has 0 saturated carbocycles. The molecule has 2 heteroatoms. The average Bonchev–Trinajstić information content (AvgIpc) is 2.33. The maximum atomic E-state index is 3.36. The van der Waals surface area contributed by atoms with E-state index in [9.17, 15) is 0 Å². The maximum Gasteiger partial charge on any atom is 0.0512 e. The number of hydrogen-bond donors (Lipinski definition) is 2. The van der Waals surface area contributed by atoms with Crippen LogP contribution in [0.2, 0.25) is 0 Å². The van der Waals surface area contributed by atoms with Crippen molar-refractivity contribution in [2.24, 2.45) is 0 Å². The van der Waals surface area contributed by atoms with Crippen LogP contribution < -0.4 is 10.6 Å². The zero-order valence-corrected chi connectivity index (χ0v) is 5.22. The minimum atomic E-state index is 0.579. The van der Waals surface area contributed by atoms with Gasteiger partial charge in [0.25, 0.3) is 0 Å². The first-order valence-corrected chi connectivity index (χ1v) is 3.30. The molecule has 0 aromatic rings. The first kappa shape index (κ1) is 5.06. The van der Waals surface area contributed by atoms with E-state index in [1.807, 2.05) is 0 Å². The van der Waals surface area contributed by atoms with Crippen LogP contribution in [0.1, 0.15) is 0 Å². The topological polar surface area (TPSA) is 24.1 Å². The molecule has 9 heavy (non-hydrogen) atoms. The number of hydrogen-bond acceptors (Lipinski definition) is 2. The van der Waals surface area contributed by atoms with Crippen LogP contribution in [-0.4, -0.2) is 19.1 Å². The third-order valence-corrected chi connectivity index (χ3v) is 1.79. The van der Waals surface area contributed by atoms with Gasteiger partial charge in [-0.05, 0) is 5.57 Å². The second-order valence-corrected chi connectivity index (χ2v) is 2.42. The fourth-order valence-electron chi connectivity index (χ4n) is 1.27. The molecule has 1 unspecified atom stereocenters. The van der Waals surface area contributed by atoms with Crippen molar-refractivity contribution in [2.45, 2.75) is 6.04 Å². The van der Waals surface area contributed by atoms with Crippen LogP contribution in [0.25, 0.3) is 0 Å². The molecule has 0 fully saturated rings. The lowest BCUT2D eigenvalue weighted by Gasteiger charge is -2.15. The summed E-state index contributed by atoms with van der Waals surface area (Å²) in [7, 11) is 0. The number of rotatable bonds is 0. The zero-order chi connectivity index (χ0) is 6.10. The molecule has 0 aliphatic carbocycles. The van der Waals surface area contributed by atoms with Crippen molar-refractivity contribution in [3.63, 3.8) is 0 Å². The minimum absolute atomic E-state index is 0.579. The standard InChI is InChI=1S/C7H10N2/c1-2-6-4-8-5-7(6)9-3-1/h1-2,4,7-9H,3,5H2. The Morgan fingerprint density at radius 2 is 2.56 bits per heavy atom. The monoisotopic (exact) mass is 122 g/mol. The van der Waals surface area contributed by atoms with Crippen molar-refractivity contribution in [1.82, 2.24) is 10.6 Å². The smallest absolute Gasteiger partial charge is 0.0512 e. The molecule has 0 aromatic heterocycles. The lowest BCUT2D eigenvalue weighted by atomic mass is 10.1. The van der Waals surface area contributed by atoms with E-state index in [1.54, 1.807) is 0 Å². The van der Waals surface area contributed by atoms with Crippen molar-refractivity contribution in [3.05, 3.63) is 23.9 Å². The van der Waals surface area contributed by atoms with Crippen LogP contribution in [0.4, 0.5) is 0 Å². The normalized spacial score (nSPS) is 31.1.